The Bertz CT molecular complexity index is 438. The molecule has 0 aromatic heterocycles. The van der Waals surface area contributed by atoms with Gasteiger partial charge >= 0.3 is 12.0 Å². The Balaban J connectivity index is 2.35. The zero-order valence-corrected chi connectivity index (χ0v) is 12.3. The lowest BCUT2D eigenvalue weighted by Crippen LogP contribution is -2.41. The van der Waals surface area contributed by atoms with Crippen LogP contribution in [0.25, 0.3) is 0 Å². The number of aliphatic carboxylic acids is 1. The highest BCUT2D eigenvalue weighted by molar-refractivity contribution is 6.01. The summed E-state index contributed by atoms with van der Waals surface area (Å²) >= 11 is 0. The highest BCUT2D eigenvalue weighted by Crippen LogP contribution is 2.09. The third-order valence-electron chi connectivity index (χ3n) is 3.23. The Morgan fingerprint density at radius 1 is 1.38 bits per heavy atom. The molecule has 4 amide bonds. The molecular formula is C13H21N3O5. The molecule has 1 aliphatic heterocycles. The van der Waals surface area contributed by atoms with Gasteiger partial charge in [-0.25, -0.2) is 9.59 Å². The molecule has 2 N–H and O–H groups in total. The molecule has 1 fully saturated rings. The molecule has 0 aromatic carbocycles. The van der Waals surface area contributed by atoms with E-state index in [4.69, 9.17) is 5.11 Å². The van der Waals surface area contributed by atoms with Crippen LogP contribution < -0.4 is 5.32 Å². The first-order valence-electron chi connectivity index (χ1n) is 6.94. The number of hydrogen-bond acceptors (Lipinski definition) is 4. The van der Waals surface area contributed by atoms with Crippen molar-refractivity contribution in [3.05, 3.63) is 0 Å². The summed E-state index contributed by atoms with van der Waals surface area (Å²) in [5.74, 6) is -1.72. The molecule has 0 bridgehead atoms. The van der Waals surface area contributed by atoms with E-state index in [0.29, 0.717) is 19.3 Å². The van der Waals surface area contributed by atoms with Crippen LogP contribution in [-0.2, 0) is 14.4 Å². The van der Waals surface area contributed by atoms with Crippen molar-refractivity contribution in [2.75, 3.05) is 20.1 Å². The van der Waals surface area contributed by atoms with Crippen molar-refractivity contribution < 1.29 is 24.3 Å². The van der Waals surface area contributed by atoms with Gasteiger partial charge in [-0.3, -0.25) is 14.5 Å². The van der Waals surface area contributed by atoms with Gasteiger partial charge in [0.2, 0.25) is 11.8 Å². The normalized spacial score (nSPS) is 16.3. The maximum absolute atomic E-state index is 11.7. The van der Waals surface area contributed by atoms with Gasteiger partial charge in [0.25, 0.3) is 0 Å². The molecule has 118 valence electrons. The quantitative estimate of drug-likeness (QED) is 0.615. The molecule has 0 aromatic rings. The predicted octanol–water partition coefficient (Wildman–Crippen LogP) is 0.0301. The summed E-state index contributed by atoms with van der Waals surface area (Å²) in [6.45, 7) is 2.06. The van der Waals surface area contributed by atoms with Crippen molar-refractivity contribution >= 4 is 23.8 Å². The van der Waals surface area contributed by atoms with E-state index in [9.17, 15) is 19.2 Å². The average Bonchev–Trinajstić information content (AvgIpc) is 2.64. The van der Waals surface area contributed by atoms with Crippen LogP contribution in [0.5, 0.6) is 0 Å². The van der Waals surface area contributed by atoms with Gasteiger partial charge in [0.05, 0.1) is 0 Å². The minimum atomic E-state index is -1.06. The fraction of sp³-hybridized carbons (Fsp3) is 0.692. The molecule has 0 radical (unpaired) electrons. The second-order valence-corrected chi connectivity index (χ2v) is 5.03. The fourth-order valence-electron chi connectivity index (χ4n) is 2.10. The fourth-order valence-corrected chi connectivity index (χ4v) is 2.10. The number of likely N-dealkylation sites (N-methyl/N-ethyl adjacent to an activating group) is 1. The van der Waals surface area contributed by atoms with Gasteiger partial charge in [0.1, 0.15) is 12.6 Å². The molecule has 1 aliphatic rings. The smallest absolute Gasteiger partial charge is 0.326 e. The Kier molecular flexibility index (Phi) is 6.13. The zero-order chi connectivity index (χ0) is 16.0. The number of hydrogen-bond donors (Lipinski definition) is 2. The Morgan fingerprint density at radius 3 is 2.52 bits per heavy atom. The second-order valence-electron chi connectivity index (χ2n) is 5.03. The second kappa shape index (κ2) is 7.61. The molecule has 1 heterocycles. The number of nitrogens with zero attached hydrogens (tertiary/aromatic N) is 2. The van der Waals surface area contributed by atoms with Crippen LogP contribution in [0, 0.1) is 0 Å². The number of carbonyl (C=O) groups is 4. The summed E-state index contributed by atoms with van der Waals surface area (Å²) in [7, 11) is 1.54. The van der Waals surface area contributed by atoms with E-state index in [1.807, 2.05) is 6.92 Å². The average molecular weight is 299 g/mol. The van der Waals surface area contributed by atoms with Crippen LogP contribution in [0.4, 0.5) is 4.79 Å². The summed E-state index contributed by atoms with van der Waals surface area (Å²) in [5, 5.41) is 11.4. The lowest BCUT2D eigenvalue weighted by atomic mass is 10.1. The minimum absolute atomic E-state index is 0.0582. The van der Waals surface area contributed by atoms with E-state index < -0.39 is 12.0 Å². The standard InChI is InChI=1S/C13H21N3O5/c1-3-5-9(12(19)20)14-10(17)6-4-7-16-11(18)8-15(2)13(16)21/h9H,3-8H2,1-2H3,(H,14,17)(H,19,20)/t9-/m0/s1. The maximum Gasteiger partial charge on any atom is 0.326 e. The largest absolute Gasteiger partial charge is 0.480 e. The molecule has 0 aliphatic carbocycles. The van der Waals surface area contributed by atoms with Gasteiger partial charge in [0, 0.05) is 20.0 Å². The minimum Gasteiger partial charge on any atom is -0.480 e. The summed E-state index contributed by atoms with van der Waals surface area (Å²) in [5.41, 5.74) is 0. The molecule has 0 saturated carbocycles. The molecule has 1 atom stereocenters. The van der Waals surface area contributed by atoms with E-state index in [0.717, 1.165) is 4.90 Å². The Labute approximate surface area is 123 Å². The van der Waals surface area contributed by atoms with E-state index in [-0.39, 0.29) is 37.4 Å². The van der Waals surface area contributed by atoms with E-state index >= 15 is 0 Å². The predicted molar refractivity (Wildman–Crippen MR) is 73.4 cm³/mol. The van der Waals surface area contributed by atoms with Gasteiger partial charge in [-0.15, -0.1) is 0 Å². The summed E-state index contributed by atoms with van der Waals surface area (Å²) < 4.78 is 0. The first kappa shape index (κ1) is 16.9. The number of imide groups is 1. The lowest BCUT2D eigenvalue weighted by Gasteiger charge is -2.15. The Morgan fingerprint density at radius 2 is 2.05 bits per heavy atom. The van der Waals surface area contributed by atoms with Gasteiger partial charge in [-0.1, -0.05) is 13.3 Å². The molecule has 0 spiro atoms. The SMILES string of the molecule is CCC[C@H](NC(=O)CCCN1C(=O)CN(C)C1=O)C(=O)O. The highest BCUT2D eigenvalue weighted by atomic mass is 16.4. The summed E-state index contributed by atoms with van der Waals surface area (Å²) in [4.78, 5) is 48.1. The molecule has 1 saturated heterocycles. The number of carboxylic acids is 1. The number of urea groups is 1. The van der Waals surface area contributed by atoms with Crippen LogP contribution in [0.3, 0.4) is 0 Å². The van der Waals surface area contributed by atoms with Gasteiger partial charge in [0.15, 0.2) is 0 Å². The van der Waals surface area contributed by atoms with Gasteiger partial charge in [-0.05, 0) is 12.8 Å². The van der Waals surface area contributed by atoms with Crippen molar-refractivity contribution in [1.82, 2.24) is 15.1 Å². The number of amides is 4. The van der Waals surface area contributed by atoms with E-state index in [2.05, 4.69) is 5.32 Å². The third-order valence-corrected chi connectivity index (χ3v) is 3.23. The number of rotatable bonds is 8. The first-order chi connectivity index (χ1) is 9.86. The molecular weight excluding hydrogens is 278 g/mol. The van der Waals surface area contributed by atoms with Crippen molar-refractivity contribution in [2.45, 2.75) is 38.6 Å². The van der Waals surface area contributed by atoms with E-state index in [1.165, 1.54) is 11.9 Å². The summed E-state index contributed by atoms with van der Waals surface area (Å²) in [6.07, 6.45) is 1.42. The zero-order valence-electron chi connectivity index (χ0n) is 12.3. The van der Waals surface area contributed by atoms with Crippen LogP contribution in [0.2, 0.25) is 0 Å². The maximum atomic E-state index is 11.7. The van der Waals surface area contributed by atoms with Crippen molar-refractivity contribution in [3.8, 4) is 0 Å². The van der Waals surface area contributed by atoms with Gasteiger partial charge < -0.3 is 15.3 Å². The van der Waals surface area contributed by atoms with E-state index in [1.54, 1.807) is 0 Å². The highest BCUT2D eigenvalue weighted by Gasteiger charge is 2.32. The molecule has 21 heavy (non-hydrogen) atoms. The summed E-state index contributed by atoms with van der Waals surface area (Å²) in [6, 6.07) is -1.25. The monoisotopic (exact) mass is 299 g/mol. The van der Waals surface area contributed by atoms with Crippen molar-refractivity contribution in [1.29, 1.82) is 0 Å². The van der Waals surface area contributed by atoms with Crippen molar-refractivity contribution in [2.24, 2.45) is 0 Å². The van der Waals surface area contributed by atoms with Crippen LogP contribution in [0.15, 0.2) is 0 Å². The molecule has 8 nitrogen and oxygen atoms in total. The molecule has 1 rings (SSSR count). The topological polar surface area (TPSA) is 107 Å². The Hall–Kier alpha value is -2.12. The number of carbonyl (C=O) groups excluding carboxylic acids is 3. The lowest BCUT2D eigenvalue weighted by molar-refractivity contribution is -0.142. The van der Waals surface area contributed by atoms with Crippen LogP contribution in [-0.4, -0.2) is 64.9 Å². The van der Waals surface area contributed by atoms with Crippen LogP contribution in [0.1, 0.15) is 32.6 Å². The number of nitrogens with one attached hydrogen (secondary N) is 1. The number of carboxylic acid groups (broad SMARTS) is 1. The first-order valence-corrected chi connectivity index (χ1v) is 6.94. The molecule has 0 unspecified atom stereocenters. The van der Waals surface area contributed by atoms with Gasteiger partial charge in [-0.2, -0.15) is 0 Å². The third kappa shape index (κ3) is 4.73. The van der Waals surface area contributed by atoms with Crippen LogP contribution >= 0.6 is 0 Å². The molecule has 8 heteroatoms. The van der Waals surface area contributed by atoms with Crippen molar-refractivity contribution in [3.63, 3.8) is 0 Å².